The number of nitrogens with one attached hydrogen (secondary N) is 1. The molecule has 0 radical (unpaired) electrons. The number of rotatable bonds is 7. The molecule has 2 unspecified atom stereocenters. The molecule has 1 amide bonds. The molecule has 136 valence electrons. The number of amides is 1. The van der Waals surface area contributed by atoms with Crippen LogP contribution in [0.3, 0.4) is 0 Å². The molecule has 7 heteroatoms. The molecule has 25 heavy (non-hydrogen) atoms. The summed E-state index contributed by atoms with van der Waals surface area (Å²) in [5.41, 5.74) is 0.269. The lowest BCUT2D eigenvalue weighted by atomic mass is 9.85. The monoisotopic (exact) mass is 352 g/mol. The first-order chi connectivity index (χ1) is 11.9. The lowest BCUT2D eigenvalue weighted by Gasteiger charge is -2.42. The van der Waals surface area contributed by atoms with Crippen LogP contribution in [-0.2, 0) is 9.59 Å². The van der Waals surface area contributed by atoms with Gasteiger partial charge in [-0.15, -0.1) is 0 Å². The largest absolute Gasteiger partial charge is 0.480 e. The molecule has 0 aromatic heterocycles. The predicted molar refractivity (Wildman–Crippen MR) is 87.0 cm³/mol. The van der Waals surface area contributed by atoms with Gasteiger partial charge < -0.3 is 10.4 Å². The quantitative estimate of drug-likeness (QED) is 0.789. The summed E-state index contributed by atoms with van der Waals surface area (Å²) in [6, 6.07) is 3.52. The molecule has 1 aromatic carbocycles. The van der Waals surface area contributed by atoms with Crippen LogP contribution in [-0.4, -0.2) is 47.1 Å². The fraction of sp³-hybridized carbons (Fsp3) is 0.556. The molecule has 5 nitrogen and oxygen atoms in total. The van der Waals surface area contributed by atoms with Gasteiger partial charge in [-0.3, -0.25) is 14.5 Å². The number of carbonyl (C=O) groups is 2. The Labute approximate surface area is 145 Å². The number of benzene rings is 1. The molecule has 0 aliphatic heterocycles. The Morgan fingerprint density at radius 3 is 2.64 bits per heavy atom. The molecular weight excluding hydrogens is 330 g/mol. The van der Waals surface area contributed by atoms with Crippen molar-refractivity contribution in [2.75, 3.05) is 13.1 Å². The summed E-state index contributed by atoms with van der Waals surface area (Å²) in [7, 11) is 0. The molecule has 0 spiro atoms. The number of aliphatic carboxylic acids is 1. The van der Waals surface area contributed by atoms with Gasteiger partial charge in [-0.25, -0.2) is 8.78 Å². The number of halogens is 2. The molecule has 2 N–H and O–H groups in total. The first-order valence-corrected chi connectivity index (χ1v) is 8.60. The number of likely N-dealkylation sites (N-methyl/N-ethyl adjacent to an activating group) is 1. The van der Waals surface area contributed by atoms with Crippen molar-refractivity contribution in [2.24, 2.45) is 5.92 Å². The molecule has 2 atom stereocenters. The van der Waals surface area contributed by atoms with E-state index in [-0.39, 0.29) is 41.9 Å². The average Bonchev–Trinajstić information content (AvgIpc) is 3.31. The zero-order valence-corrected chi connectivity index (χ0v) is 14.0. The molecule has 0 saturated heterocycles. The SMILES string of the molecule is CCN(CC(=O)O)C1CC(NC(=O)C2CC2c2cc(F)ccc2F)C1. The first-order valence-electron chi connectivity index (χ1n) is 8.60. The molecular formula is C18H22F2N2O3. The smallest absolute Gasteiger partial charge is 0.317 e. The predicted octanol–water partition coefficient (Wildman–Crippen LogP) is 2.12. The Hall–Kier alpha value is -2.02. The van der Waals surface area contributed by atoms with Crippen LogP contribution in [0.2, 0.25) is 0 Å². The van der Waals surface area contributed by atoms with Crippen LogP contribution in [0, 0.1) is 17.6 Å². The van der Waals surface area contributed by atoms with Crippen LogP contribution >= 0.6 is 0 Å². The lowest BCUT2D eigenvalue weighted by molar-refractivity contribution is -0.139. The van der Waals surface area contributed by atoms with Gasteiger partial charge in [0.2, 0.25) is 5.91 Å². The third-order valence-electron chi connectivity index (χ3n) is 5.21. The first kappa shape index (κ1) is 17.8. The molecule has 3 rings (SSSR count). The van der Waals surface area contributed by atoms with Gasteiger partial charge in [0, 0.05) is 18.0 Å². The van der Waals surface area contributed by atoms with E-state index >= 15 is 0 Å². The molecule has 2 aliphatic rings. The van der Waals surface area contributed by atoms with Gasteiger partial charge in [0.15, 0.2) is 0 Å². The minimum atomic E-state index is -0.854. The minimum Gasteiger partial charge on any atom is -0.480 e. The highest BCUT2D eigenvalue weighted by Crippen LogP contribution is 2.48. The van der Waals surface area contributed by atoms with E-state index in [0.717, 1.165) is 31.0 Å². The molecule has 0 bridgehead atoms. The summed E-state index contributed by atoms with van der Waals surface area (Å²) < 4.78 is 27.0. The highest BCUT2D eigenvalue weighted by atomic mass is 19.1. The normalized spacial score (nSPS) is 27.7. The summed E-state index contributed by atoms with van der Waals surface area (Å²) in [4.78, 5) is 25.0. The third-order valence-corrected chi connectivity index (χ3v) is 5.21. The van der Waals surface area contributed by atoms with Crippen molar-refractivity contribution in [3.05, 3.63) is 35.4 Å². The van der Waals surface area contributed by atoms with Gasteiger partial charge in [-0.1, -0.05) is 6.92 Å². The van der Waals surface area contributed by atoms with E-state index in [1.54, 1.807) is 0 Å². The molecule has 2 aliphatic carbocycles. The van der Waals surface area contributed by atoms with Crippen LogP contribution in [0.15, 0.2) is 18.2 Å². The van der Waals surface area contributed by atoms with E-state index in [4.69, 9.17) is 5.11 Å². The number of hydrogen-bond donors (Lipinski definition) is 2. The van der Waals surface area contributed by atoms with E-state index in [1.807, 2.05) is 11.8 Å². The van der Waals surface area contributed by atoms with Crippen LogP contribution in [0.5, 0.6) is 0 Å². The van der Waals surface area contributed by atoms with Crippen molar-refractivity contribution in [2.45, 2.75) is 44.2 Å². The number of hydrogen-bond acceptors (Lipinski definition) is 3. The number of carboxylic acids is 1. The van der Waals surface area contributed by atoms with E-state index in [1.165, 1.54) is 0 Å². The van der Waals surface area contributed by atoms with E-state index in [0.29, 0.717) is 13.0 Å². The Morgan fingerprint density at radius 2 is 2.00 bits per heavy atom. The number of carbonyl (C=O) groups excluding carboxylic acids is 1. The summed E-state index contributed by atoms with van der Waals surface area (Å²) in [5.74, 6) is -2.52. The highest BCUT2D eigenvalue weighted by molar-refractivity contribution is 5.83. The Balaban J connectivity index is 1.47. The minimum absolute atomic E-state index is 0.00534. The van der Waals surface area contributed by atoms with Gasteiger partial charge in [-0.2, -0.15) is 0 Å². The van der Waals surface area contributed by atoms with Crippen LogP contribution in [0.25, 0.3) is 0 Å². The topological polar surface area (TPSA) is 69.6 Å². The summed E-state index contributed by atoms with van der Waals surface area (Å²) in [5, 5.41) is 11.8. The van der Waals surface area contributed by atoms with Gasteiger partial charge in [-0.05, 0) is 55.5 Å². The maximum atomic E-state index is 13.8. The van der Waals surface area contributed by atoms with Gasteiger partial charge in [0.1, 0.15) is 11.6 Å². The van der Waals surface area contributed by atoms with E-state index < -0.39 is 17.6 Å². The van der Waals surface area contributed by atoms with Gasteiger partial charge in [0.05, 0.1) is 6.54 Å². The second kappa shape index (κ2) is 7.07. The van der Waals surface area contributed by atoms with Crippen molar-refractivity contribution in [1.29, 1.82) is 0 Å². The maximum Gasteiger partial charge on any atom is 0.317 e. The third kappa shape index (κ3) is 3.98. The molecule has 2 fully saturated rings. The van der Waals surface area contributed by atoms with Gasteiger partial charge >= 0.3 is 5.97 Å². The van der Waals surface area contributed by atoms with Crippen molar-refractivity contribution in [1.82, 2.24) is 10.2 Å². The van der Waals surface area contributed by atoms with Crippen molar-refractivity contribution in [3.8, 4) is 0 Å². The number of nitrogens with zero attached hydrogens (tertiary/aromatic N) is 1. The van der Waals surface area contributed by atoms with E-state index in [9.17, 15) is 18.4 Å². The summed E-state index contributed by atoms with van der Waals surface area (Å²) >= 11 is 0. The fourth-order valence-corrected chi connectivity index (χ4v) is 3.61. The zero-order chi connectivity index (χ0) is 18.1. The van der Waals surface area contributed by atoms with Crippen molar-refractivity contribution in [3.63, 3.8) is 0 Å². The molecule has 2 saturated carbocycles. The second-order valence-electron chi connectivity index (χ2n) is 6.90. The molecule has 0 heterocycles. The van der Waals surface area contributed by atoms with Crippen LogP contribution in [0.1, 0.15) is 37.7 Å². The van der Waals surface area contributed by atoms with Crippen molar-refractivity contribution >= 4 is 11.9 Å². The zero-order valence-electron chi connectivity index (χ0n) is 14.0. The lowest BCUT2D eigenvalue weighted by Crippen LogP contribution is -2.55. The highest BCUT2D eigenvalue weighted by Gasteiger charge is 2.46. The van der Waals surface area contributed by atoms with Gasteiger partial charge in [0.25, 0.3) is 0 Å². The Kier molecular flexibility index (Phi) is 5.03. The van der Waals surface area contributed by atoms with Crippen LogP contribution < -0.4 is 5.32 Å². The number of carboxylic acid groups (broad SMARTS) is 1. The average molecular weight is 352 g/mol. The maximum absolute atomic E-state index is 13.8. The summed E-state index contributed by atoms with van der Waals surface area (Å²) in [6.07, 6.45) is 1.97. The van der Waals surface area contributed by atoms with Crippen molar-refractivity contribution < 1.29 is 23.5 Å². The van der Waals surface area contributed by atoms with Crippen LogP contribution in [0.4, 0.5) is 8.78 Å². The standard InChI is InChI=1S/C18H22F2N2O3/c1-2-22(9-17(23)24)12-6-11(7-12)21-18(25)15-8-13(15)14-5-10(19)3-4-16(14)20/h3-5,11-13,15H,2,6-9H2,1H3,(H,21,25)(H,23,24). The Bertz CT molecular complexity index is 676. The summed E-state index contributed by atoms with van der Waals surface area (Å²) in [6.45, 7) is 2.57. The van der Waals surface area contributed by atoms with E-state index in [2.05, 4.69) is 5.32 Å². The fourth-order valence-electron chi connectivity index (χ4n) is 3.61. The Morgan fingerprint density at radius 1 is 1.28 bits per heavy atom. The second-order valence-corrected chi connectivity index (χ2v) is 6.90. The molecule has 1 aromatic rings.